The largest absolute Gasteiger partial charge is 0.352 e. The molecule has 0 spiro atoms. The van der Waals surface area contributed by atoms with E-state index in [1.807, 2.05) is 64.1 Å². The Labute approximate surface area is 263 Å². The molecular weight excluding hydrogens is 570 g/mol. The predicted octanol–water partition coefficient (Wildman–Crippen LogP) is 2.40. The highest BCUT2D eigenvalue weighted by atomic mass is 16.2. The minimum absolute atomic E-state index is 0.0713. The number of aromatic amines is 1. The van der Waals surface area contributed by atoms with Gasteiger partial charge in [0.2, 0.25) is 5.91 Å². The number of likely N-dealkylation sites (tertiary alicyclic amines) is 1. The smallest absolute Gasteiger partial charge is 0.251 e. The van der Waals surface area contributed by atoms with E-state index in [0.29, 0.717) is 62.3 Å². The molecule has 2 aromatic carbocycles. The molecule has 1 aliphatic heterocycles. The monoisotopic (exact) mass is 611 g/mol. The third kappa shape index (κ3) is 6.31. The van der Waals surface area contributed by atoms with Crippen LogP contribution in [0.15, 0.2) is 36.4 Å². The number of nitrogens with one attached hydrogen (secondary N) is 4. The molecule has 1 unspecified atom stereocenters. The van der Waals surface area contributed by atoms with E-state index < -0.39 is 17.0 Å². The highest BCUT2D eigenvalue weighted by Gasteiger charge is 2.47. The number of benzene rings is 2. The number of nitriles is 1. The first-order valence-electron chi connectivity index (χ1n) is 15.6. The fraction of sp³-hybridized carbons (Fsp3) is 0.485. The summed E-state index contributed by atoms with van der Waals surface area (Å²) in [6, 6.07) is 13.4. The van der Waals surface area contributed by atoms with Crippen LogP contribution in [0.4, 0.5) is 0 Å². The third-order valence-electron chi connectivity index (χ3n) is 8.89. The number of carbonyl (C=O) groups is 3. The maximum absolute atomic E-state index is 13.2. The minimum atomic E-state index is -0.924. The molecule has 4 N–H and O–H groups in total. The quantitative estimate of drug-likeness (QED) is 0.271. The fourth-order valence-corrected chi connectivity index (χ4v) is 6.87. The summed E-state index contributed by atoms with van der Waals surface area (Å²) in [5, 5.41) is 34.2. The number of rotatable bonds is 10. The van der Waals surface area contributed by atoms with Crippen LogP contribution >= 0.6 is 0 Å². The van der Waals surface area contributed by atoms with Crippen LogP contribution in [-0.2, 0) is 23.1 Å². The molecule has 0 saturated carbocycles. The van der Waals surface area contributed by atoms with Gasteiger partial charge in [0, 0.05) is 36.3 Å². The van der Waals surface area contributed by atoms with Crippen molar-refractivity contribution < 1.29 is 14.4 Å². The van der Waals surface area contributed by atoms with Crippen molar-refractivity contribution >= 4 is 17.7 Å². The lowest BCUT2D eigenvalue weighted by Gasteiger charge is -2.41. The molecule has 45 heavy (non-hydrogen) atoms. The molecule has 2 aliphatic rings. The van der Waals surface area contributed by atoms with E-state index in [-0.39, 0.29) is 24.3 Å². The Bertz CT molecular complexity index is 1540. The first-order chi connectivity index (χ1) is 21.6. The summed E-state index contributed by atoms with van der Waals surface area (Å²) >= 11 is 0. The minimum Gasteiger partial charge on any atom is -0.352 e. The van der Waals surface area contributed by atoms with E-state index in [1.54, 1.807) is 4.90 Å². The first-order valence-corrected chi connectivity index (χ1v) is 15.6. The topological polar surface area (TPSA) is 169 Å². The van der Waals surface area contributed by atoms with E-state index in [9.17, 15) is 19.6 Å². The number of aryl methyl sites for hydroxylation is 2. The average molecular weight is 612 g/mol. The van der Waals surface area contributed by atoms with Gasteiger partial charge in [-0.3, -0.25) is 14.4 Å². The van der Waals surface area contributed by atoms with Crippen molar-refractivity contribution in [2.75, 3.05) is 26.2 Å². The second-order valence-electron chi connectivity index (χ2n) is 12.4. The van der Waals surface area contributed by atoms with Crippen molar-refractivity contribution in [1.29, 1.82) is 5.26 Å². The van der Waals surface area contributed by atoms with Crippen molar-refractivity contribution in [3.63, 3.8) is 0 Å². The van der Waals surface area contributed by atoms with Crippen LogP contribution in [0.5, 0.6) is 0 Å². The molecule has 0 bridgehead atoms. The van der Waals surface area contributed by atoms with Crippen LogP contribution in [0.2, 0.25) is 0 Å². The van der Waals surface area contributed by atoms with Gasteiger partial charge in [-0.2, -0.15) is 5.26 Å². The normalized spacial score (nSPS) is 17.0. The molecule has 1 saturated heterocycles. The number of tetrazole rings is 1. The van der Waals surface area contributed by atoms with Crippen molar-refractivity contribution in [2.45, 2.75) is 76.8 Å². The van der Waals surface area contributed by atoms with Crippen LogP contribution in [0.1, 0.15) is 95.8 Å². The van der Waals surface area contributed by atoms with Crippen molar-refractivity contribution in [2.24, 2.45) is 0 Å². The molecule has 236 valence electrons. The number of fused-ring (bicyclic) bond motifs is 2. The van der Waals surface area contributed by atoms with Crippen LogP contribution in [0.3, 0.4) is 0 Å². The van der Waals surface area contributed by atoms with Gasteiger partial charge in [0.15, 0.2) is 5.82 Å². The first kappa shape index (κ1) is 31.8. The van der Waals surface area contributed by atoms with Gasteiger partial charge in [0.1, 0.15) is 6.04 Å². The van der Waals surface area contributed by atoms with Gasteiger partial charge >= 0.3 is 0 Å². The SMILES string of the molecule is CCNC(=O)c1ccc2c(c1)CCc1cc(C(=O)NCC)ccc1C2(CC(C)(C)NCC(=O)N1CCCC1C#N)c1nnn[nH]1. The van der Waals surface area contributed by atoms with Crippen molar-refractivity contribution in [1.82, 2.24) is 41.5 Å². The Kier molecular flexibility index (Phi) is 9.29. The molecular formula is C33H41N9O3. The Morgan fingerprint density at radius 1 is 1.02 bits per heavy atom. The summed E-state index contributed by atoms with van der Waals surface area (Å²) in [7, 11) is 0. The van der Waals surface area contributed by atoms with E-state index in [2.05, 4.69) is 42.6 Å². The number of amides is 3. The van der Waals surface area contributed by atoms with E-state index in [4.69, 9.17) is 0 Å². The molecule has 0 radical (unpaired) electrons. The Morgan fingerprint density at radius 2 is 1.62 bits per heavy atom. The van der Waals surface area contributed by atoms with E-state index >= 15 is 0 Å². The van der Waals surface area contributed by atoms with Gasteiger partial charge < -0.3 is 20.9 Å². The summed E-state index contributed by atoms with van der Waals surface area (Å²) in [6.07, 6.45) is 3.21. The van der Waals surface area contributed by atoms with Crippen molar-refractivity contribution in [3.8, 4) is 6.07 Å². The summed E-state index contributed by atoms with van der Waals surface area (Å²) in [5.74, 6) is 0.118. The predicted molar refractivity (Wildman–Crippen MR) is 167 cm³/mol. The summed E-state index contributed by atoms with van der Waals surface area (Å²) in [4.78, 5) is 40.6. The molecule has 3 amide bonds. The maximum atomic E-state index is 13.2. The number of hydrogen-bond donors (Lipinski definition) is 4. The highest BCUT2D eigenvalue weighted by Crippen LogP contribution is 2.48. The molecule has 1 aromatic heterocycles. The second-order valence-corrected chi connectivity index (χ2v) is 12.4. The second kappa shape index (κ2) is 13.2. The zero-order valence-corrected chi connectivity index (χ0v) is 26.4. The highest BCUT2D eigenvalue weighted by molar-refractivity contribution is 5.95. The summed E-state index contributed by atoms with van der Waals surface area (Å²) in [6.45, 7) is 9.52. The molecule has 2 heterocycles. The van der Waals surface area contributed by atoms with E-state index in [1.165, 1.54) is 0 Å². The summed E-state index contributed by atoms with van der Waals surface area (Å²) < 4.78 is 0. The van der Waals surface area contributed by atoms with Gasteiger partial charge in [0.05, 0.1) is 18.0 Å². The Balaban J connectivity index is 1.62. The number of H-pyrrole nitrogens is 1. The van der Waals surface area contributed by atoms with E-state index in [0.717, 1.165) is 28.7 Å². The standard InChI is InChI=1S/C33H41N9O3/c1-5-35-29(44)23-11-13-26-21(16-23)9-10-22-17-24(30(45)36-6-2)12-14-27(22)33(26,31-38-40-41-39-31)20-32(3,4)37-19-28(43)42-15-7-8-25(42)18-34/h11-14,16-17,25,37H,5-10,15,19-20H2,1-4H3,(H,35,44)(H,36,45)(H,38,39,40,41). The fourth-order valence-electron chi connectivity index (χ4n) is 6.87. The van der Waals surface area contributed by atoms with Crippen LogP contribution in [-0.4, -0.2) is 81.0 Å². The Hall–Kier alpha value is -4.63. The number of nitrogens with zero attached hydrogens (tertiary/aromatic N) is 5. The lowest BCUT2D eigenvalue weighted by molar-refractivity contribution is -0.130. The molecule has 12 nitrogen and oxygen atoms in total. The molecule has 12 heteroatoms. The summed E-state index contributed by atoms with van der Waals surface area (Å²) in [5.41, 5.74) is 3.42. The van der Waals surface area contributed by atoms with Crippen LogP contribution in [0.25, 0.3) is 0 Å². The molecule has 5 rings (SSSR count). The van der Waals surface area contributed by atoms with Crippen LogP contribution in [0, 0.1) is 11.3 Å². The zero-order chi connectivity index (χ0) is 32.2. The lowest BCUT2D eigenvalue weighted by Crippen LogP contribution is -2.51. The average Bonchev–Trinajstić information content (AvgIpc) is 3.73. The lowest BCUT2D eigenvalue weighted by atomic mass is 9.65. The zero-order valence-electron chi connectivity index (χ0n) is 26.4. The van der Waals surface area contributed by atoms with Gasteiger partial charge in [-0.05, 0) is 117 Å². The number of hydrogen-bond acceptors (Lipinski definition) is 8. The molecule has 3 aromatic rings. The van der Waals surface area contributed by atoms with Gasteiger partial charge in [-0.25, -0.2) is 5.10 Å². The third-order valence-corrected chi connectivity index (χ3v) is 8.89. The number of aromatic nitrogens is 4. The van der Waals surface area contributed by atoms with Crippen molar-refractivity contribution in [3.05, 3.63) is 75.6 Å². The van der Waals surface area contributed by atoms with Crippen LogP contribution < -0.4 is 16.0 Å². The van der Waals surface area contributed by atoms with Gasteiger partial charge in [0.25, 0.3) is 11.8 Å². The molecule has 1 aliphatic carbocycles. The van der Waals surface area contributed by atoms with Gasteiger partial charge in [-0.1, -0.05) is 12.1 Å². The molecule has 1 fully saturated rings. The Morgan fingerprint density at radius 3 is 2.13 bits per heavy atom. The molecule has 1 atom stereocenters. The maximum Gasteiger partial charge on any atom is 0.251 e. The van der Waals surface area contributed by atoms with Gasteiger partial charge in [-0.15, -0.1) is 5.10 Å². The number of carbonyl (C=O) groups excluding carboxylic acids is 3.